The summed E-state index contributed by atoms with van der Waals surface area (Å²) in [6, 6.07) is 5.13. The molecule has 0 aliphatic carbocycles. The van der Waals surface area contributed by atoms with Crippen LogP contribution in [0.5, 0.6) is 0 Å². The van der Waals surface area contributed by atoms with Gasteiger partial charge >= 0.3 is 0 Å². The molecule has 6 heteroatoms. The predicted molar refractivity (Wildman–Crippen MR) is 88.3 cm³/mol. The lowest BCUT2D eigenvalue weighted by Crippen LogP contribution is -2.24. The smallest absolute Gasteiger partial charge is 0.262 e. The van der Waals surface area contributed by atoms with Gasteiger partial charge in [-0.25, -0.2) is 4.98 Å². The molecular formula is C15H19ClN2O2S. The predicted octanol–water partition coefficient (Wildman–Crippen LogP) is 3.18. The molecule has 2 rings (SSSR count). The highest BCUT2D eigenvalue weighted by Crippen LogP contribution is 2.20. The lowest BCUT2D eigenvalue weighted by molar-refractivity contribution is 0.322. The van der Waals surface area contributed by atoms with Crippen molar-refractivity contribution in [3.05, 3.63) is 33.6 Å². The maximum Gasteiger partial charge on any atom is 0.262 e. The Morgan fingerprint density at radius 2 is 2.19 bits per heavy atom. The van der Waals surface area contributed by atoms with E-state index in [4.69, 9.17) is 16.7 Å². The Labute approximate surface area is 133 Å². The lowest BCUT2D eigenvalue weighted by atomic mass is 10.1. The molecule has 0 spiro atoms. The van der Waals surface area contributed by atoms with Gasteiger partial charge in [0.15, 0.2) is 5.16 Å². The second kappa shape index (κ2) is 7.29. The van der Waals surface area contributed by atoms with Gasteiger partial charge in [-0.1, -0.05) is 37.2 Å². The van der Waals surface area contributed by atoms with Gasteiger partial charge in [-0.3, -0.25) is 9.36 Å². The van der Waals surface area contributed by atoms with Crippen molar-refractivity contribution in [3.63, 3.8) is 0 Å². The fourth-order valence-corrected chi connectivity index (χ4v) is 2.94. The molecule has 114 valence electrons. The number of fused-ring (bicyclic) bond motifs is 1. The molecule has 1 heterocycles. The van der Waals surface area contributed by atoms with Crippen LogP contribution in [0.3, 0.4) is 0 Å². The van der Waals surface area contributed by atoms with E-state index in [0.717, 1.165) is 6.42 Å². The van der Waals surface area contributed by atoms with Crippen LogP contribution in [-0.2, 0) is 6.54 Å². The fourth-order valence-electron chi connectivity index (χ4n) is 2.01. The summed E-state index contributed by atoms with van der Waals surface area (Å²) in [7, 11) is 0. The van der Waals surface area contributed by atoms with Crippen molar-refractivity contribution in [1.82, 2.24) is 9.55 Å². The van der Waals surface area contributed by atoms with Crippen LogP contribution in [0.1, 0.15) is 20.3 Å². The average molecular weight is 327 g/mol. The van der Waals surface area contributed by atoms with Crippen molar-refractivity contribution >= 4 is 34.3 Å². The van der Waals surface area contributed by atoms with Gasteiger partial charge in [-0.2, -0.15) is 0 Å². The number of aromatic nitrogens is 2. The molecule has 0 saturated heterocycles. The summed E-state index contributed by atoms with van der Waals surface area (Å²) in [6.07, 6.45) is 0.910. The van der Waals surface area contributed by atoms with Gasteiger partial charge in [0.1, 0.15) is 0 Å². The van der Waals surface area contributed by atoms with E-state index >= 15 is 0 Å². The van der Waals surface area contributed by atoms with E-state index in [0.29, 0.717) is 39.3 Å². The highest BCUT2D eigenvalue weighted by Gasteiger charge is 2.12. The third kappa shape index (κ3) is 3.99. The molecule has 21 heavy (non-hydrogen) atoms. The Kier molecular flexibility index (Phi) is 5.67. The first-order valence-corrected chi connectivity index (χ1v) is 8.33. The maximum absolute atomic E-state index is 12.6. The van der Waals surface area contributed by atoms with Crippen molar-refractivity contribution in [1.29, 1.82) is 0 Å². The molecule has 0 amide bonds. The summed E-state index contributed by atoms with van der Waals surface area (Å²) in [4.78, 5) is 17.2. The number of hydrogen-bond acceptors (Lipinski definition) is 4. The number of aliphatic hydroxyl groups excluding tert-OH is 1. The van der Waals surface area contributed by atoms with Gasteiger partial charge in [-0.05, 0) is 30.5 Å². The normalized spacial score (nSPS) is 11.5. The zero-order valence-corrected chi connectivity index (χ0v) is 13.7. The van der Waals surface area contributed by atoms with Crippen LogP contribution in [-0.4, -0.2) is 27.0 Å². The van der Waals surface area contributed by atoms with E-state index in [-0.39, 0.29) is 12.2 Å². The van der Waals surface area contributed by atoms with Gasteiger partial charge in [0.05, 0.1) is 17.5 Å². The van der Waals surface area contributed by atoms with Gasteiger partial charge in [0, 0.05) is 17.3 Å². The second-order valence-electron chi connectivity index (χ2n) is 5.27. The van der Waals surface area contributed by atoms with Crippen molar-refractivity contribution in [3.8, 4) is 0 Å². The largest absolute Gasteiger partial charge is 0.396 e. The first-order valence-electron chi connectivity index (χ1n) is 6.96. The Hall–Kier alpha value is -1.04. The van der Waals surface area contributed by atoms with Crippen LogP contribution in [0.15, 0.2) is 28.2 Å². The van der Waals surface area contributed by atoms with Gasteiger partial charge in [-0.15, -0.1) is 0 Å². The van der Waals surface area contributed by atoms with Crippen molar-refractivity contribution in [2.45, 2.75) is 32.0 Å². The molecule has 0 unspecified atom stereocenters. The minimum atomic E-state index is -0.0437. The van der Waals surface area contributed by atoms with Crippen LogP contribution in [0.2, 0.25) is 5.02 Å². The molecule has 0 atom stereocenters. The maximum atomic E-state index is 12.6. The van der Waals surface area contributed by atoms with Crippen LogP contribution < -0.4 is 5.56 Å². The van der Waals surface area contributed by atoms with Crippen molar-refractivity contribution < 1.29 is 5.11 Å². The Balaban J connectivity index is 2.53. The molecule has 2 aromatic rings. The zero-order chi connectivity index (χ0) is 15.4. The summed E-state index contributed by atoms with van der Waals surface area (Å²) in [5.74, 6) is 1.02. The number of aliphatic hydroxyl groups is 1. The van der Waals surface area contributed by atoms with Gasteiger partial charge in [0.25, 0.3) is 5.56 Å². The third-order valence-corrected chi connectivity index (χ3v) is 4.33. The molecule has 0 aliphatic rings. The first kappa shape index (κ1) is 16.3. The Morgan fingerprint density at radius 3 is 2.86 bits per heavy atom. The second-order valence-corrected chi connectivity index (χ2v) is 6.77. The molecule has 0 bridgehead atoms. The fraction of sp³-hybridized carbons (Fsp3) is 0.467. The standard InChI is InChI=1S/C15H19ClN2O2S/c1-10(2)5-6-18-14(20)12-4-3-11(16)9-13(12)17-15(18)21-8-7-19/h3-4,9-10,19H,5-8H2,1-2H3. The number of hydrogen-bond donors (Lipinski definition) is 1. The molecule has 0 saturated carbocycles. The minimum Gasteiger partial charge on any atom is -0.396 e. The number of benzene rings is 1. The molecule has 0 fully saturated rings. The van der Waals surface area contributed by atoms with Crippen LogP contribution in [0, 0.1) is 5.92 Å². The summed E-state index contributed by atoms with van der Waals surface area (Å²) in [5, 5.41) is 10.8. The Morgan fingerprint density at radius 1 is 1.43 bits per heavy atom. The van der Waals surface area contributed by atoms with E-state index < -0.39 is 0 Å². The molecule has 1 aromatic carbocycles. The number of rotatable bonds is 6. The van der Waals surface area contributed by atoms with Crippen molar-refractivity contribution in [2.75, 3.05) is 12.4 Å². The van der Waals surface area contributed by atoms with E-state index in [1.807, 2.05) is 0 Å². The SMILES string of the molecule is CC(C)CCn1c(SCCO)nc2cc(Cl)ccc2c1=O. The van der Waals surface area contributed by atoms with Crippen molar-refractivity contribution in [2.24, 2.45) is 5.92 Å². The third-order valence-electron chi connectivity index (χ3n) is 3.13. The summed E-state index contributed by atoms with van der Waals surface area (Å²) >= 11 is 7.37. The van der Waals surface area contributed by atoms with Crippen LogP contribution in [0.4, 0.5) is 0 Å². The zero-order valence-electron chi connectivity index (χ0n) is 12.2. The Bertz CT molecular complexity index is 685. The van der Waals surface area contributed by atoms with E-state index in [1.165, 1.54) is 11.8 Å². The lowest BCUT2D eigenvalue weighted by Gasteiger charge is -2.14. The van der Waals surface area contributed by atoms with Crippen LogP contribution >= 0.6 is 23.4 Å². The molecular weight excluding hydrogens is 308 g/mol. The quantitative estimate of drug-likeness (QED) is 0.654. The number of thioether (sulfide) groups is 1. The summed E-state index contributed by atoms with van der Waals surface area (Å²) in [6.45, 7) is 4.94. The van der Waals surface area contributed by atoms with Gasteiger partial charge in [0.2, 0.25) is 0 Å². The van der Waals surface area contributed by atoms with E-state index in [1.54, 1.807) is 22.8 Å². The molecule has 4 nitrogen and oxygen atoms in total. The van der Waals surface area contributed by atoms with Crippen LogP contribution in [0.25, 0.3) is 10.9 Å². The highest BCUT2D eigenvalue weighted by molar-refractivity contribution is 7.99. The first-order chi connectivity index (χ1) is 10.0. The molecule has 1 aromatic heterocycles. The summed E-state index contributed by atoms with van der Waals surface area (Å²) < 4.78 is 1.70. The molecule has 0 radical (unpaired) electrons. The monoisotopic (exact) mass is 326 g/mol. The highest BCUT2D eigenvalue weighted by atomic mass is 35.5. The van der Waals surface area contributed by atoms with E-state index in [9.17, 15) is 4.79 Å². The van der Waals surface area contributed by atoms with Gasteiger partial charge < -0.3 is 5.11 Å². The number of halogens is 1. The average Bonchev–Trinajstić information content (AvgIpc) is 2.43. The molecule has 1 N–H and O–H groups in total. The summed E-state index contributed by atoms with van der Waals surface area (Å²) in [5.41, 5.74) is 0.562. The van der Waals surface area contributed by atoms with E-state index in [2.05, 4.69) is 18.8 Å². The number of nitrogens with zero attached hydrogens (tertiary/aromatic N) is 2. The molecule has 0 aliphatic heterocycles. The topological polar surface area (TPSA) is 55.1 Å². The minimum absolute atomic E-state index is 0.0437.